The lowest BCUT2D eigenvalue weighted by atomic mass is 10.1. The van der Waals surface area contributed by atoms with Crippen LogP contribution >= 0.6 is 0 Å². The van der Waals surface area contributed by atoms with Crippen LogP contribution in [0.2, 0.25) is 0 Å². The van der Waals surface area contributed by atoms with Gasteiger partial charge in [0.2, 0.25) is 0 Å². The van der Waals surface area contributed by atoms with Crippen molar-refractivity contribution < 1.29 is 14.7 Å². The van der Waals surface area contributed by atoms with Crippen LogP contribution in [0.4, 0.5) is 5.69 Å². The number of carbonyl (C=O) groups is 2. The van der Waals surface area contributed by atoms with Gasteiger partial charge in [0, 0.05) is 18.7 Å². The minimum Gasteiger partial charge on any atom is -0.481 e. The number of aliphatic carboxylic acids is 1. The fourth-order valence-electron chi connectivity index (χ4n) is 1.65. The van der Waals surface area contributed by atoms with Crippen LogP contribution in [0.1, 0.15) is 36.0 Å². The van der Waals surface area contributed by atoms with Crippen molar-refractivity contribution in [2.45, 2.75) is 25.7 Å². The quantitative estimate of drug-likeness (QED) is 0.614. The molecule has 5 nitrogen and oxygen atoms in total. The van der Waals surface area contributed by atoms with E-state index in [2.05, 4.69) is 5.32 Å². The first-order valence-corrected chi connectivity index (χ1v) is 5.95. The largest absolute Gasteiger partial charge is 0.481 e. The highest BCUT2D eigenvalue weighted by Gasteiger charge is 2.05. The Labute approximate surface area is 106 Å². The van der Waals surface area contributed by atoms with Crippen molar-refractivity contribution in [1.29, 1.82) is 0 Å². The van der Waals surface area contributed by atoms with Crippen molar-refractivity contribution in [3.8, 4) is 0 Å². The molecule has 98 valence electrons. The second kappa shape index (κ2) is 7.32. The van der Waals surface area contributed by atoms with Gasteiger partial charge >= 0.3 is 5.97 Å². The number of amides is 1. The van der Waals surface area contributed by atoms with Gasteiger partial charge in [-0.15, -0.1) is 0 Å². The van der Waals surface area contributed by atoms with E-state index in [4.69, 9.17) is 10.8 Å². The van der Waals surface area contributed by atoms with Crippen molar-refractivity contribution in [2.75, 3.05) is 11.9 Å². The third-order valence-corrected chi connectivity index (χ3v) is 2.58. The van der Waals surface area contributed by atoms with Gasteiger partial charge in [-0.05, 0) is 25.0 Å². The predicted octanol–water partition coefficient (Wildman–Crippen LogP) is 1.84. The van der Waals surface area contributed by atoms with Crippen molar-refractivity contribution >= 4 is 17.6 Å². The van der Waals surface area contributed by atoms with E-state index >= 15 is 0 Å². The van der Waals surface area contributed by atoms with Gasteiger partial charge in [0.25, 0.3) is 5.91 Å². The lowest BCUT2D eigenvalue weighted by Gasteiger charge is -2.09. The van der Waals surface area contributed by atoms with Crippen LogP contribution in [0.5, 0.6) is 0 Å². The zero-order chi connectivity index (χ0) is 13.4. The fraction of sp³-hybridized carbons (Fsp3) is 0.385. The first-order valence-electron chi connectivity index (χ1n) is 5.95. The van der Waals surface area contributed by atoms with E-state index in [0.717, 1.165) is 18.5 Å². The highest BCUT2D eigenvalue weighted by molar-refractivity contribution is 5.98. The number of anilines is 1. The fourth-order valence-corrected chi connectivity index (χ4v) is 1.65. The summed E-state index contributed by atoms with van der Waals surface area (Å²) in [6.07, 6.45) is 2.59. The highest BCUT2D eigenvalue weighted by atomic mass is 16.4. The van der Waals surface area contributed by atoms with Crippen LogP contribution in [0.25, 0.3) is 0 Å². The molecule has 1 amide bonds. The Bertz CT molecular complexity index is 418. The van der Waals surface area contributed by atoms with E-state index in [-0.39, 0.29) is 6.42 Å². The lowest BCUT2D eigenvalue weighted by Crippen LogP contribution is -2.14. The second-order valence-corrected chi connectivity index (χ2v) is 4.04. The number of carboxylic acids is 1. The molecule has 0 aliphatic heterocycles. The van der Waals surface area contributed by atoms with E-state index in [0.29, 0.717) is 18.5 Å². The molecule has 0 saturated heterocycles. The lowest BCUT2D eigenvalue weighted by molar-refractivity contribution is -0.137. The molecule has 4 N–H and O–H groups in total. The third kappa shape index (κ3) is 4.86. The number of carbonyl (C=O) groups excluding carboxylic acids is 1. The molecule has 1 rings (SSSR count). The Balaban J connectivity index is 2.31. The van der Waals surface area contributed by atoms with Crippen molar-refractivity contribution in [3.63, 3.8) is 0 Å². The number of nitrogens with two attached hydrogens (primary N) is 1. The molecule has 0 unspecified atom stereocenters. The maximum Gasteiger partial charge on any atom is 0.303 e. The molecule has 1 aromatic rings. The van der Waals surface area contributed by atoms with Crippen LogP contribution in [-0.4, -0.2) is 23.5 Å². The van der Waals surface area contributed by atoms with E-state index in [9.17, 15) is 9.59 Å². The predicted molar refractivity (Wildman–Crippen MR) is 69.6 cm³/mol. The summed E-state index contributed by atoms with van der Waals surface area (Å²) >= 11 is 0. The zero-order valence-corrected chi connectivity index (χ0v) is 10.2. The zero-order valence-electron chi connectivity index (χ0n) is 10.2. The minimum absolute atomic E-state index is 0.206. The summed E-state index contributed by atoms with van der Waals surface area (Å²) in [7, 11) is 0. The van der Waals surface area contributed by atoms with Crippen LogP contribution in [0.15, 0.2) is 24.3 Å². The number of hydrogen-bond acceptors (Lipinski definition) is 3. The Morgan fingerprint density at radius 2 is 1.89 bits per heavy atom. The highest BCUT2D eigenvalue weighted by Crippen LogP contribution is 2.14. The van der Waals surface area contributed by atoms with E-state index < -0.39 is 11.9 Å². The number of carboxylic acid groups (broad SMARTS) is 1. The summed E-state index contributed by atoms with van der Waals surface area (Å²) in [5, 5.41) is 11.6. The molecule has 0 aliphatic rings. The molecule has 0 aliphatic carbocycles. The number of hydrogen-bond donors (Lipinski definition) is 3. The van der Waals surface area contributed by atoms with E-state index in [1.807, 2.05) is 6.07 Å². The first kappa shape index (κ1) is 14.0. The first-order chi connectivity index (χ1) is 8.61. The Morgan fingerprint density at radius 3 is 2.56 bits per heavy atom. The second-order valence-electron chi connectivity index (χ2n) is 4.04. The standard InChI is InChI=1S/C13H18N2O3/c14-13(18)10-6-3-4-7-11(10)15-9-5-1-2-8-12(16)17/h3-4,6-7,15H,1-2,5,8-9H2,(H2,14,18)(H,16,17). The molecule has 0 fully saturated rings. The molecule has 18 heavy (non-hydrogen) atoms. The van der Waals surface area contributed by atoms with Gasteiger partial charge in [-0.25, -0.2) is 0 Å². The molecular formula is C13H18N2O3. The van der Waals surface area contributed by atoms with Crippen molar-refractivity contribution in [2.24, 2.45) is 5.73 Å². The van der Waals surface area contributed by atoms with Crippen molar-refractivity contribution in [1.82, 2.24) is 0 Å². The number of para-hydroxylation sites is 1. The number of nitrogens with one attached hydrogen (secondary N) is 1. The van der Waals surface area contributed by atoms with E-state index in [1.54, 1.807) is 18.2 Å². The van der Waals surface area contributed by atoms with Gasteiger partial charge in [0.1, 0.15) is 0 Å². The smallest absolute Gasteiger partial charge is 0.303 e. The van der Waals surface area contributed by atoms with Gasteiger partial charge in [-0.3, -0.25) is 9.59 Å². The molecular weight excluding hydrogens is 232 g/mol. The summed E-state index contributed by atoms with van der Waals surface area (Å²) in [5.74, 6) is -1.22. The average molecular weight is 250 g/mol. The van der Waals surface area contributed by atoms with Crippen molar-refractivity contribution in [3.05, 3.63) is 29.8 Å². The molecule has 0 spiro atoms. The van der Waals surface area contributed by atoms with Gasteiger partial charge < -0.3 is 16.2 Å². The Morgan fingerprint density at radius 1 is 1.17 bits per heavy atom. The number of unbranched alkanes of at least 4 members (excludes halogenated alkanes) is 2. The molecule has 0 bridgehead atoms. The third-order valence-electron chi connectivity index (χ3n) is 2.58. The topological polar surface area (TPSA) is 92.4 Å². The summed E-state index contributed by atoms with van der Waals surface area (Å²) in [6.45, 7) is 0.698. The maximum atomic E-state index is 11.1. The molecule has 0 aromatic heterocycles. The summed E-state index contributed by atoms with van der Waals surface area (Å²) < 4.78 is 0. The molecule has 0 saturated carbocycles. The van der Waals surface area contributed by atoms with Crippen LogP contribution in [-0.2, 0) is 4.79 Å². The van der Waals surface area contributed by atoms with E-state index in [1.165, 1.54) is 0 Å². The normalized spacial score (nSPS) is 10.0. The Kier molecular flexibility index (Phi) is 5.70. The van der Waals surface area contributed by atoms with Gasteiger partial charge in [-0.1, -0.05) is 18.6 Å². The minimum atomic E-state index is -0.762. The summed E-state index contributed by atoms with van der Waals surface area (Å²) in [4.78, 5) is 21.5. The number of rotatable bonds is 8. The monoisotopic (exact) mass is 250 g/mol. The number of benzene rings is 1. The molecule has 0 radical (unpaired) electrons. The SMILES string of the molecule is NC(=O)c1ccccc1NCCCCCC(=O)O. The Hall–Kier alpha value is -2.04. The van der Waals surface area contributed by atoms with Crippen LogP contribution in [0, 0.1) is 0 Å². The summed E-state index contributed by atoms with van der Waals surface area (Å²) in [5.41, 5.74) is 6.46. The average Bonchev–Trinajstić information content (AvgIpc) is 2.33. The van der Waals surface area contributed by atoms with Gasteiger partial charge in [-0.2, -0.15) is 0 Å². The van der Waals surface area contributed by atoms with Crippen LogP contribution < -0.4 is 11.1 Å². The molecule has 1 aromatic carbocycles. The molecule has 5 heteroatoms. The number of primary amides is 1. The molecule has 0 atom stereocenters. The summed E-state index contributed by atoms with van der Waals surface area (Å²) in [6, 6.07) is 7.07. The maximum absolute atomic E-state index is 11.1. The van der Waals surface area contributed by atoms with Crippen LogP contribution in [0.3, 0.4) is 0 Å². The molecule has 0 heterocycles. The van der Waals surface area contributed by atoms with Gasteiger partial charge in [0.05, 0.1) is 5.56 Å². The van der Waals surface area contributed by atoms with Gasteiger partial charge in [0.15, 0.2) is 0 Å².